The quantitative estimate of drug-likeness (QED) is 0.433. The molecule has 2 heterocycles. The molecule has 6 nitrogen and oxygen atoms in total. The fourth-order valence-electron chi connectivity index (χ4n) is 2.79. The summed E-state index contributed by atoms with van der Waals surface area (Å²) in [6, 6.07) is 7.28. The second kappa shape index (κ2) is 7.65. The van der Waals surface area contributed by atoms with Crippen molar-refractivity contribution in [2.75, 3.05) is 17.2 Å². The molecule has 1 saturated heterocycles. The molecule has 25 heavy (non-hydrogen) atoms. The van der Waals surface area contributed by atoms with Crippen LogP contribution in [0.25, 0.3) is 0 Å². The number of amides is 1. The van der Waals surface area contributed by atoms with Gasteiger partial charge in [-0.25, -0.2) is 0 Å². The molecule has 1 aliphatic heterocycles. The number of anilines is 1. The van der Waals surface area contributed by atoms with Crippen LogP contribution in [0.1, 0.15) is 29.0 Å². The van der Waals surface area contributed by atoms with Crippen molar-refractivity contribution < 1.29 is 9.59 Å². The standard InChI is InChI=1S/C18H20N4O2S/c1-3-9-21-13(2)19-20-18(21)25-12-16(23)14-6-4-7-15(11-14)22-10-5-8-17(22)24/h3-4,6-7,11H,1,5,8-10,12H2,2H3. The molecule has 0 unspecified atom stereocenters. The maximum atomic E-state index is 12.5. The third-order valence-corrected chi connectivity index (χ3v) is 5.07. The normalized spacial score (nSPS) is 14.1. The molecule has 2 aromatic rings. The second-order valence-corrected chi connectivity index (χ2v) is 6.78. The van der Waals surface area contributed by atoms with E-state index in [1.54, 1.807) is 23.1 Å². The lowest BCUT2D eigenvalue weighted by Crippen LogP contribution is -2.23. The van der Waals surface area contributed by atoms with Crippen molar-refractivity contribution in [2.45, 2.75) is 31.5 Å². The van der Waals surface area contributed by atoms with Gasteiger partial charge in [0.15, 0.2) is 10.9 Å². The highest BCUT2D eigenvalue weighted by Gasteiger charge is 2.22. The van der Waals surface area contributed by atoms with Gasteiger partial charge in [0.1, 0.15) is 5.82 Å². The van der Waals surface area contributed by atoms with Gasteiger partial charge < -0.3 is 9.47 Å². The molecule has 1 aliphatic rings. The van der Waals surface area contributed by atoms with Crippen molar-refractivity contribution in [3.63, 3.8) is 0 Å². The molecule has 1 amide bonds. The summed E-state index contributed by atoms with van der Waals surface area (Å²) < 4.78 is 1.92. The fourth-order valence-corrected chi connectivity index (χ4v) is 3.68. The molecule has 0 spiro atoms. The van der Waals surface area contributed by atoms with Crippen LogP contribution in [0.2, 0.25) is 0 Å². The van der Waals surface area contributed by atoms with E-state index in [1.165, 1.54) is 11.8 Å². The SMILES string of the molecule is C=CCn1c(C)nnc1SCC(=O)c1cccc(N2CCCC2=O)c1. The third-order valence-electron chi connectivity index (χ3n) is 4.10. The fraction of sp³-hybridized carbons (Fsp3) is 0.333. The van der Waals surface area contributed by atoms with Gasteiger partial charge in [-0.1, -0.05) is 30.0 Å². The summed E-state index contributed by atoms with van der Waals surface area (Å²) in [6.07, 6.45) is 3.22. The first kappa shape index (κ1) is 17.4. The highest BCUT2D eigenvalue weighted by Crippen LogP contribution is 2.24. The number of ketones is 1. The highest BCUT2D eigenvalue weighted by atomic mass is 32.2. The molecule has 0 N–H and O–H groups in total. The molecule has 1 fully saturated rings. The molecule has 0 bridgehead atoms. The average molecular weight is 356 g/mol. The topological polar surface area (TPSA) is 68.1 Å². The van der Waals surface area contributed by atoms with Gasteiger partial charge in [0.2, 0.25) is 5.91 Å². The Balaban J connectivity index is 1.69. The van der Waals surface area contributed by atoms with E-state index in [4.69, 9.17) is 0 Å². The number of allylic oxidation sites excluding steroid dienone is 1. The summed E-state index contributed by atoms with van der Waals surface area (Å²) in [7, 11) is 0. The van der Waals surface area contributed by atoms with E-state index in [-0.39, 0.29) is 17.4 Å². The predicted molar refractivity (Wildman–Crippen MR) is 98.0 cm³/mol. The van der Waals surface area contributed by atoms with Gasteiger partial charge in [0, 0.05) is 30.8 Å². The number of hydrogen-bond acceptors (Lipinski definition) is 5. The van der Waals surface area contributed by atoms with Crippen LogP contribution < -0.4 is 4.90 Å². The average Bonchev–Trinajstić information content (AvgIpc) is 3.20. The van der Waals surface area contributed by atoms with E-state index in [2.05, 4.69) is 16.8 Å². The number of rotatable bonds is 7. The number of thioether (sulfide) groups is 1. The van der Waals surface area contributed by atoms with Crippen LogP contribution >= 0.6 is 11.8 Å². The number of aromatic nitrogens is 3. The van der Waals surface area contributed by atoms with Gasteiger partial charge in [0.05, 0.1) is 5.75 Å². The number of hydrogen-bond donors (Lipinski definition) is 0. The van der Waals surface area contributed by atoms with Gasteiger partial charge in [-0.2, -0.15) is 0 Å². The van der Waals surface area contributed by atoms with Gasteiger partial charge in [-0.15, -0.1) is 16.8 Å². The Labute approximate surface area is 150 Å². The number of nitrogens with zero attached hydrogens (tertiary/aromatic N) is 4. The Kier molecular flexibility index (Phi) is 5.33. The molecule has 1 aromatic heterocycles. The van der Waals surface area contributed by atoms with Crippen LogP contribution in [0.3, 0.4) is 0 Å². The number of benzene rings is 1. The Morgan fingerprint density at radius 3 is 2.96 bits per heavy atom. The molecule has 0 radical (unpaired) electrons. The lowest BCUT2D eigenvalue weighted by Gasteiger charge is -2.16. The Bertz CT molecular complexity index is 815. The minimum atomic E-state index is 0.00398. The molecule has 0 atom stereocenters. The van der Waals surface area contributed by atoms with E-state index in [0.717, 1.165) is 24.5 Å². The maximum Gasteiger partial charge on any atom is 0.227 e. The molecule has 3 rings (SSSR count). The second-order valence-electron chi connectivity index (χ2n) is 5.84. The zero-order chi connectivity index (χ0) is 17.8. The summed E-state index contributed by atoms with van der Waals surface area (Å²) in [5, 5.41) is 8.87. The zero-order valence-corrected chi connectivity index (χ0v) is 15.0. The van der Waals surface area contributed by atoms with E-state index < -0.39 is 0 Å². The van der Waals surface area contributed by atoms with Crippen LogP contribution in [0.15, 0.2) is 42.1 Å². The predicted octanol–water partition coefficient (Wildman–Crippen LogP) is 2.87. The van der Waals surface area contributed by atoms with E-state index in [9.17, 15) is 9.59 Å². The highest BCUT2D eigenvalue weighted by molar-refractivity contribution is 7.99. The molecule has 1 aromatic carbocycles. The van der Waals surface area contributed by atoms with Crippen molar-refractivity contribution in [1.29, 1.82) is 0 Å². The third kappa shape index (κ3) is 3.82. The van der Waals surface area contributed by atoms with Crippen LogP contribution in [0.4, 0.5) is 5.69 Å². The van der Waals surface area contributed by atoms with Crippen molar-refractivity contribution >= 4 is 29.1 Å². The Morgan fingerprint density at radius 2 is 2.24 bits per heavy atom. The van der Waals surface area contributed by atoms with E-state index in [0.29, 0.717) is 23.7 Å². The van der Waals surface area contributed by atoms with E-state index >= 15 is 0 Å². The number of carbonyl (C=O) groups is 2. The van der Waals surface area contributed by atoms with Crippen molar-refractivity contribution in [2.24, 2.45) is 0 Å². The van der Waals surface area contributed by atoms with Crippen LogP contribution in [0.5, 0.6) is 0 Å². The van der Waals surface area contributed by atoms with Gasteiger partial charge in [-0.3, -0.25) is 9.59 Å². The Hall–Kier alpha value is -2.41. The molecular formula is C18H20N4O2S. The first-order chi connectivity index (χ1) is 12.1. The zero-order valence-electron chi connectivity index (χ0n) is 14.1. The summed E-state index contributed by atoms with van der Waals surface area (Å²) in [5.41, 5.74) is 1.40. The lowest BCUT2D eigenvalue weighted by atomic mass is 10.1. The summed E-state index contributed by atoms with van der Waals surface area (Å²) in [4.78, 5) is 26.2. The maximum absolute atomic E-state index is 12.5. The van der Waals surface area contributed by atoms with E-state index in [1.807, 2.05) is 23.6 Å². The number of carbonyl (C=O) groups excluding carboxylic acids is 2. The first-order valence-electron chi connectivity index (χ1n) is 8.17. The number of Topliss-reactive ketones (excluding diaryl/α,β-unsaturated/α-hetero) is 1. The molecule has 130 valence electrons. The Morgan fingerprint density at radius 1 is 1.40 bits per heavy atom. The van der Waals surface area contributed by atoms with Crippen LogP contribution in [-0.2, 0) is 11.3 Å². The van der Waals surface area contributed by atoms with Gasteiger partial charge in [0.25, 0.3) is 0 Å². The minimum absolute atomic E-state index is 0.00398. The van der Waals surface area contributed by atoms with Crippen molar-refractivity contribution in [3.05, 3.63) is 48.3 Å². The minimum Gasteiger partial charge on any atom is -0.312 e. The van der Waals surface area contributed by atoms with Crippen molar-refractivity contribution in [3.8, 4) is 0 Å². The number of aryl methyl sites for hydroxylation is 1. The largest absolute Gasteiger partial charge is 0.312 e. The van der Waals surface area contributed by atoms with Gasteiger partial charge >= 0.3 is 0 Å². The van der Waals surface area contributed by atoms with Crippen LogP contribution in [0, 0.1) is 6.92 Å². The molecule has 0 aliphatic carbocycles. The monoisotopic (exact) mass is 356 g/mol. The summed E-state index contributed by atoms with van der Waals surface area (Å²) in [5.74, 6) is 1.19. The summed E-state index contributed by atoms with van der Waals surface area (Å²) >= 11 is 1.36. The smallest absolute Gasteiger partial charge is 0.227 e. The lowest BCUT2D eigenvalue weighted by molar-refractivity contribution is -0.117. The molecular weight excluding hydrogens is 336 g/mol. The van der Waals surface area contributed by atoms with Crippen LogP contribution in [-0.4, -0.2) is 38.8 Å². The van der Waals surface area contributed by atoms with Crippen molar-refractivity contribution in [1.82, 2.24) is 14.8 Å². The molecule has 7 heteroatoms. The molecule has 0 saturated carbocycles. The first-order valence-corrected chi connectivity index (χ1v) is 9.16. The van der Waals surface area contributed by atoms with Gasteiger partial charge in [-0.05, 0) is 25.5 Å². The summed E-state index contributed by atoms with van der Waals surface area (Å²) in [6.45, 7) is 6.93.